The van der Waals surface area contributed by atoms with Crippen LogP contribution in [-0.4, -0.2) is 37.7 Å². The van der Waals surface area contributed by atoms with Crippen molar-refractivity contribution in [1.29, 1.82) is 0 Å². The molecule has 23 heavy (non-hydrogen) atoms. The van der Waals surface area contributed by atoms with Gasteiger partial charge in [-0.2, -0.15) is 0 Å². The lowest BCUT2D eigenvalue weighted by atomic mass is 9.71. The maximum absolute atomic E-state index is 13.7. The zero-order valence-corrected chi connectivity index (χ0v) is 13.1. The van der Waals surface area contributed by atoms with Gasteiger partial charge in [-0.15, -0.1) is 0 Å². The number of hydrogen-bond acceptors (Lipinski definition) is 4. The number of benzene rings is 1. The van der Waals surface area contributed by atoms with Crippen LogP contribution in [0.25, 0.3) is 0 Å². The predicted molar refractivity (Wildman–Crippen MR) is 83.9 cm³/mol. The molecule has 1 spiro atoms. The molecule has 5 rings (SSSR count). The minimum absolute atomic E-state index is 0.0342. The number of rotatable bonds is 1. The Kier molecular flexibility index (Phi) is 2.59. The molecule has 4 aliphatic rings. The first kappa shape index (κ1) is 13.6. The second kappa shape index (κ2) is 4.38. The van der Waals surface area contributed by atoms with E-state index in [0.717, 1.165) is 29.1 Å². The van der Waals surface area contributed by atoms with Gasteiger partial charge in [0.2, 0.25) is 6.79 Å². The number of fused-ring (bicyclic) bond motifs is 2. The Labute approximate surface area is 134 Å². The van der Waals surface area contributed by atoms with E-state index in [2.05, 4.69) is 24.3 Å². The van der Waals surface area contributed by atoms with Crippen molar-refractivity contribution in [3.63, 3.8) is 0 Å². The third-order valence-corrected chi connectivity index (χ3v) is 5.86. The molecular formula is C18H19NO4. The van der Waals surface area contributed by atoms with Crippen LogP contribution in [-0.2, 0) is 16.7 Å². The molecule has 0 saturated heterocycles. The molecule has 1 unspecified atom stereocenters. The quantitative estimate of drug-likeness (QED) is 0.590. The minimum Gasteiger partial charge on any atom is -0.632 e. The fraction of sp³-hybridized carbons (Fsp3) is 0.444. The average molecular weight is 313 g/mol. The van der Waals surface area contributed by atoms with Crippen LogP contribution in [0.4, 0.5) is 0 Å². The van der Waals surface area contributed by atoms with Crippen LogP contribution < -0.4 is 9.47 Å². The van der Waals surface area contributed by atoms with Gasteiger partial charge in [-0.3, -0.25) is 0 Å². The van der Waals surface area contributed by atoms with E-state index < -0.39 is 5.54 Å². The van der Waals surface area contributed by atoms with Crippen molar-refractivity contribution in [2.45, 2.75) is 24.5 Å². The molecule has 0 fully saturated rings. The molecule has 3 heterocycles. The fourth-order valence-electron chi connectivity index (χ4n) is 4.67. The van der Waals surface area contributed by atoms with Gasteiger partial charge in [0.15, 0.2) is 17.0 Å². The van der Waals surface area contributed by atoms with E-state index in [0.29, 0.717) is 19.5 Å². The maximum Gasteiger partial charge on any atom is 0.231 e. The molecule has 3 aliphatic heterocycles. The van der Waals surface area contributed by atoms with Gasteiger partial charge in [-0.05, 0) is 23.8 Å². The van der Waals surface area contributed by atoms with Gasteiger partial charge in [0.05, 0.1) is 19.2 Å². The highest BCUT2D eigenvalue weighted by molar-refractivity contribution is 5.56. The molecule has 0 bridgehead atoms. The third-order valence-electron chi connectivity index (χ3n) is 5.86. The van der Waals surface area contributed by atoms with Gasteiger partial charge in [-0.25, -0.2) is 0 Å². The van der Waals surface area contributed by atoms with Crippen LogP contribution in [0.5, 0.6) is 11.5 Å². The lowest BCUT2D eigenvalue weighted by Gasteiger charge is -2.58. The molecule has 0 radical (unpaired) electrons. The van der Waals surface area contributed by atoms with E-state index in [4.69, 9.17) is 14.2 Å². The van der Waals surface area contributed by atoms with Crippen molar-refractivity contribution in [3.05, 3.63) is 52.3 Å². The van der Waals surface area contributed by atoms with Crippen LogP contribution in [0.15, 0.2) is 35.9 Å². The van der Waals surface area contributed by atoms with Crippen LogP contribution in [0.2, 0.25) is 0 Å². The van der Waals surface area contributed by atoms with Crippen LogP contribution >= 0.6 is 0 Å². The summed E-state index contributed by atoms with van der Waals surface area (Å²) in [5.41, 5.74) is 2.86. The molecule has 1 aromatic rings. The van der Waals surface area contributed by atoms with E-state index in [1.807, 2.05) is 6.07 Å². The minimum atomic E-state index is -0.565. The summed E-state index contributed by atoms with van der Waals surface area (Å²) in [5, 5.41) is 13.7. The summed E-state index contributed by atoms with van der Waals surface area (Å²) in [6, 6.07) is 4.10. The lowest BCUT2D eigenvalue weighted by Crippen LogP contribution is -2.61. The van der Waals surface area contributed by atoms with Crippen molar-refractivity contribution < 1.29 is 18.9 Å². The zero-order chi connectivity index (χ0) is 15.7. The zero-order valence-electron chi connectivity index (χ0n) is 13.1. The number of nitrogens with zero attached hydrogens (tertiary/aromatic N) is 1. The summed E-state index contributed by atoms with van der Waals surface area (Å²) in [6.45, 7) is 1.38. The molecule has 5 nitrogen and oxygen atoms in total. The molecule has 0 N–H and O–H groups in total. The van der Waals surface area contributed by atoms with Gasteiger partial charge >= 0.3 is 0 Å². The molecule has 1 aliphatic carbocycles. The van der Waals surface area contributed by atoms with Crippen molar-refractivity contribution in [2.75, 3.05) is 27.0 Å². The topological polar surface area (TPSA) is 50.8 Å². The first-order valence-corrected chi connectivity index (χ1v) is 8.09. The van der Waals surface area contributed by atoms with E-state index in [1.165, 1.54) is 5.56 Å². The normalized spacial score (nSPS) is 36.3. The Morgan fingerprint density at radius 1 is 1.30 bits per heavy atom. The first-order valence-electron chi connectivity index (χ1n) is 8.09. The molecule has 1 aromatic carbocycles. The highest BCUT2D eigenvalue weighted by Crippen LogP contribution is 2.56. The van der Waals surface area contributed by atoms with Crippen molar-refractivity contribution in [3.8, 4) is 11.5 Å². The van der Waals surface area contributed by atoms with Crippen LogP contribution in [0.1, 0.15) is 17.5 Å². The molecule has 3 atom stereocenters. The number of hydrogen-bond donors (Lipinski definition) is 0. The summed E-state index contributed by atoms with van der Waals surface area (Å²) in [4.78, 5) is 0. The van der Waals surface area contributed by atoms with Crippen LogP contribution in [0, 0.1) is 5.21 Å². The largest absolute Gasteiger partial charge is 0.632 e. The van der Waals surface area contributed by atoms with Gasteiger partial charge in [0.1, 0.15) is 0 Å². The SMILES string of the molecule is CO[C@H]1C=CC2=CC[N+]3([O-])CCc4cc5c(cc4[C@@]23C1)OCO5. The van der Waals surface area contributed by atoms with Crippen molar-refractivity contribution >= 4 is 0 Å². The maximum atomic E-state index is 13.7. The average Bonchev–Trinajstić information content (AvgIpc) is 3.15. The van der Waals surface area contributed by atoms with Crippen molar-refractivity contribution in [2.24, 2.45) is 0 Å². The number of quaternary nitrogens is 1. The number of methoxy groups -OCH3 is 1. The summed E-state index contributed by atoms with van der Waals surface area (Å²) in [6.07, 6.45) is 7.67. The van der Waals surface area contributed by atoms with Crippen molar-refractivity contribution in [1.82, 2.24) is 0 Å². The first-order chi connectivity index (χ1) is 11.2. The van der Waals surface area contributed by atoms with Crippen LogP contribution in [0.3, 0.4) is 0 Å². The fourth-order valence-corrected chi connectivity index (χ4v) is 4.67. The van der Waals surface area contributed by atoms with E-state index in [-0.39, 0.29) is 17.5 Å². The Balaban J connectivity index is 1.76. The van der Waals surface area contributed by atoms with E-state index >= 15 is 0 Å². The standard InChI is InChI=1S/C18H19NO4/c1-21-14-3-2-13-5-7-19(20)6-4-12-8-16-17(23-11-22-16)9-15(12)18(13,19)10-14/h2-3,5,8-9,14H,4,6-7,10-11H2,1H3/t14-,18+,19?/m0/s1. The van der Waals surface area contributed by atoms with E-state index in [1.54, 1.807) is 7.11 Å². The molecule has 0 amide bonds. The number of ether oxygens (including phenoxy) is 3. The highest BCUT2D eigenvalue weighted by Gasteiger charge is 2.58. The predicted octanol–water partition coefficient (Wildman–Crippen LogP) is 2.40. The smallest absolute Gasteiger partial charge is 0.231 e. The molecule has 5 heteroatoms. The Morgan fingerprint density at radius 3 is 2.96 bits per heavy atom. The summed E-state index contributed by atoms with van der Waals surface area (Å²) in [7, 11) is 1.71. The molecule has 0 saturated carbocycles. The summed E-state index contributed by atoms with van der Waals surface area (Å²) >= 11 is 0. The third kappa shape index (κ3) is 1.57. The van der Waals surface area contributed by atoms with E-state index in [9.17, 15) is 5.21 Å². The van der Waals surface area contributed by atoms with Gasteiger partial charge in [-0.1, -0.05) is 12.2 Å². The monoisotopic (exact) mass is 313 g/mol. The highest BCUT2D eigenvalue weighted by atomic mass is 16.7. The Morgan fingerprint density at radius 2 is 2.13 bits per heavy atom. The lowest BCUT2D eigenvalue weighted by molar-refractivity contribution is -0.926. The Bertz CT molecular complexity index is 756. The van der Waals surface area contributed by atoms with Gasteiger partial charge < -0.3 is 24.1 Å². The second-order valence-corrected chi connectivity index (χ2v) is 6.77. The summed E-state index contributed by atoms with van der Waals surface area (Å²) < 4.78 is 16.5. The molecule has 120 valence electrons. The molecular weight excluding hydrogens is 294 g/mol. The summed E-state index contributed by atoms with van der Waals surface area (Å²) in [5.74, 6) is 1.55. The van der Waals surface area contributed by atoms with Gasteiger partial charge in [0.25, 0.3) is 0 Å². The Hall–Kier alpha value is -1.82. The number of hydroxylamine groups is 3. The van der Waals surface area contributed by atoms with Gasteiger partial charge in [0, 0.05) is 31.1 Å². The second-order valence-electron chi connectivity index (χ2n) is 6.77. The molecule has 0 aromatic heterocycles.